The lowest BCUT2D eigenvalue weighted by Gasteiger charge is -2.43. The summed E-state index contributed by atoms with van der Waals surface area (Å²) < 4.78 is 0. The number of hydrogen-bond acceptors (Lipinski definition) is 2. The Morgan fingerprint density at radius 1 is 1.25 bits per heavy atom. The summed E-state index contributed by atoms with van der Waals surface area (Å²) in [6, 6.07) is -0.758. The van der Waals surface area contributed by atoms with Gasteiger partial charge < -0.3 is 10.2 Å². The maximum atomic E-state index is 12.1. The fourth-order valence-electron chi connectivity index (χ4n) is 2.24. The molecule has 0 aromatic heterocycles. The van der Waals surface area contributed by atoms with Crippen LogP contribution in [0.15, 0.2) is 0 Å². The van der Waals surface area contributed by atoms with Crippen LogP contribution < -0.4 is 5.32 Å². The molecule has 1 saturated heterocycles. The van der Waals surface area contributed by atoms with Gasteiger partial charge in [0.15, 0.2) is 0 Å². The van der Waals surface area contributed by atoms with E-state index in [4.69, 9.17) is 0 Å². The van der Waals surface area contributed by atoms with E-state index in [1.807, 2.05) is 34.6 Å². The second-order valence-corrected chi connectivity index (χ2v) is 5.95. The lowest BCUT2D eigenvalue weighted by Crippen LogP contribution is -2.66. The Morgan fingerprint density at radius 2 is 1.75 bits per heavy atom. The van der Waals surface area contributed by atoms with Gasteiger partial charge in [0, 0.05) is 7.05 Å². The molecule has 0 aliphatic carbocycles. The number of amides is 2. The second-order valence-electron chi connectivity index (χ2n) is 5.95. The van der Waals surface area contributed by atoms with Crippen LogP contribution in [-0.4, -0.2) is 35.8 Å². The van der Waals surface area contributed by atoms with Gasteiger partial charge in [-0.2, -0.15) is 0 Å². The second kappa shape index (κ2) is 4.07. The highest BCUT2D eigenvalue weighted by Gasteiger charge is 2.44. The Morgan fingerprint density at radius 3 is 2.12 bits per heavy atom. The molecule has 4 heteroatoms. The van der Waals surface area contributed by atoms with E-state index in [9.17, 15) is 9.59 Å². The number of likely N-dealkylation sites (N-methyl/N-ethyl adjacent to an activating group) is 1. The maximum absolute atomic E-state index is 12.1. The van der Waals surface area contributed by atoms with Gasteiger partial charge in [-0.1, -0.05) is 34.6 Å². The molecule has 0 saturated carbocycles. The SMILES string of the molecule is CC(C)C1NC(=O)C(C(C)(C)C)N(C)C1=O. The Labute approximate surface area is 97.4 Å². The lowest BCUT2D eigenvalue weighted by molar-refractivity contribution is -0.153. The molecule has 0 aromatic carbocycles. The van der Waals surface area contributed by atoms with Crippen molar-refractivity contribution in [2.45, 2.75) is 46.7 Å². The van der Waals surface area contributed by atoms with Gasteiger partial charge in [0.05, 0.1) is 0 Å². The molecule has 2 amide bonds. The van der Waals surface area contributed by atoms with Gasteiger partial charge in [0.25, 0.3) is 0 Å². The van der Waals surface area contributed by atoms with Crippen LogP contribution >= 0.6 is 0 Å². The third-order valence-electron chi connectivity index (χ3n) is 3.03. The minimum Gasteiger partial charge on any atom is -0.342 e. The van der Waals surface area contributed by atoms with Crippen LogP contribution in [0.5, 0.6) is 0 Å². The molecule has 16 heavy (non-hydrogen) atoms. The van der Waals surface area contributed by atoms with E-state index in [1.165, 1.54) is 0 Å². The molecule has 0 bridgehead atoms. The first-order valence-corrected chi connectivity index (χ1v) is 5.73. The van der Waals surface area contributed by atoms with E-state index in [1.54, 1.807) is 11.9 Å². The van der Waals surface area contributed by atoms with E-state index < -0.39 is 0 Å². The zero-order valence-electron chi connectivity index (χ0n) is 11.0. The smallest absolute Gasteiger partial charge is 0.245 e. The van der Waals surface area contributed by atoms with Crippen LogP contribution in [0, 0.1) is 11.3 Å². The molecule has 0 radical (unpaired) electrons. The van der Waals surface area contributed by atoms with E-state index in [0.29, 0.717) is 0 Å². The van der Waals surface area contributed by atoms with Gasteiger partial charge in [-0.3, -0.25) is 9.59 Å². The van der Waals surface area contributed by atoms with Gasteiger partial charge >= 0.3 is 0 Å². The highest BCUT2D eigenvalue weighted by Crippen LogP contribution is 2.27. The van der Waals surface area contributed by atoms with Crippen LogP contribution in [0.25, 0.3) is 0 Å². The molecule has 2 atom stereocenters. The first-order valence-electron chi connectivity index (χ1n) is 5.73. The van der Waals surface area contributed by atoms with Crippen LogP contribution in [0.3, 0.4) is 0 Å². The molecule has 1 aliphatic heterocycles. The summed E-state index contributed by atoms with van der Waals surface area (Å²) in [6.07, 6.45) is 0. The number of hydrogen-bond donors (Lipinski definition) is 1. The number of carbonyl (C=O) groups excluding carboxylic acids is 2. The molecule has 2 unspecified atom stereocenters. The molecule has 0 spiro atoms. The predicted molar refractivity (Wildman–Crippen MR) is 62.8 cm³/mol. The van der Waals surface area contributed by atoms with Crippen molar-refractivity contribution in [1.82, 2.24) is 10.2 Å². The fraction of sp³-hybridized carbons (Fsp3) is 0.833. The Hall–Kier alpha value is -1.06. The summed E-state index contributed by atoms with van der Waals surface area (Å²) in [7, 11) is 1.71. The van der Waals surface area contributed by atoms with Crippen molar-refractivity contribution in [2.24, 2.45) is 11.3 Å². The minimum atomic E-state index is -0.380. The Kier molecular flexibility index (Phi) is 3.31. The van der Waals surface area contributed by atoms with Crippen molar-refractivity contribution in [3.63, 3.8) is 0 Å². The highest BCUT2D eigenvalue weighted by molar-refractivity contribution is 5.97. The van der Waals surface area contributed by atoms with Crippen molar-refractivity contribution in [3.05, 3.63) is 0 Å². The molecule has 1 rings (SSSR count). The number of nitrogens with zero attached hydrogens (tertiary/aromatic N) is 1. The summed E-state index contributed by atoms with van der Waals surface area (Å²) in [6.45, 7) is 9.78. The molecule has 92 valence electrons. The first-order chi connectivity index (χ1) is 7.16. The van der Waals surface area contributed by atoms with Crippen LogP contribution in [0.1, 0.15) is 34.6 Å². The van der Waals surface area contributed by atoms with Gasteiger partial charge in [-0.15, -0.1) is 0 Å². The summed E-state index contributed by atoms with van der Waals surface area (Å²) in [5.74, 6) is 0.0858. The van der Waals surface area contributed by atoms with E-state index in [-0.39, 0.29) is 35.2 Å². The molecule has 1 aliphatic rings. The molecule has 1 N–H and O–H groups in total. The molecule has 0 aromatic rings. The van der Waals surface area contributed by atoms with Gasteiger partial charge in [0.1, 0.15) is 12.1 Å². The van der Waals surface area contributed by atoms with Crippen molar-refractivity contribution in [2.75, 3.05) is 7.05 Å². The van der Waals surface area contributed by atoms with Crippen molar-refractivity contribution >= 4 is 11.8 Å². The zero-order valence-corrected chi connectivity index (χ0v) is 11.0. The summed E-state index contributed by atoms with van der Waals surface area (Å²) in [5, 5.41) is 2.82. The quantitative estimate of drug-likeness (QED) is 0.725. The minimum absolute atomic E-state index is 0.00882. The van der Waals surface area contributed by atoms with E-state index in [2.05, 4.69) is 5.32 Å². The monoisotopic (exact) mass is 226 g/mol. The van der Waals surface area contributed by atoms with Gasteiger partial charge in [-0.25, -0.2) is 0 Å². The van der Waals surface area contributed by atoms with E-state index in [0.717, 1.165) is 0 Å². The Bertz CT molecular complexity index is 305. The average Bonchev–Trinajstić information content (AvgIpc) is 2.08. The van der Waals surface area contributed by atoms with Crippen molar-refractivity contribution < 1.29 is 9.59 Å². The van der Waals surface area contributed by atoms with Crippen LogP contribution in [-0.2, 0) is 9.59 Å². The predicted octanol–water partition coefficient (Wildman–Crippen LogP) is 1.01. The summed E-state index contributed by atoms with van der Waals surface area (Å²) >= 11 is 0. The summed E-state index contributed by atoms with van der Waals surface area (Å²) in [5.41, 5.74) is -0.240. The van der Waals surface area contributed by atoms with Crippen molar-refractivity contribution in [3.8, 4) is 0 Å². The molecular formula is C12H22N2O2. The number of nitrogens with one attached hydrogen (secondary N) is 1. The lowest BCUT2D eigenvalue weighted by atomic mass is 9.82. The molecular weight excluding hydrogens is 204 g/mol. The zero-order chi connectivity index (χ0) is 12.7. The summed E-state index contributed by atoms with van der Waals surface area (Å²) in [4.78, 5) is 25.7. The van der Waals surface area contributed by atoms with E-state index >= 15 is 0 Å². The molecule has 1 heterocycles. The standard InChI is InChI=1S/C12H22N2O2/c1-7(2)8-11(16)14(6)9(10(15)13-8)12(3,4)5/h7-9H,1-6H3,(H,13,15). The third kappa shape index (κ3) is 2.20. The largest absolute Gasteiger partial charge is 0.342 e. The Balaban J connectivity index is 2.98. The van der Waals surface area contributed by atoms with Gasteiger partial charge in [-0.05, 0) is 11.3 Å². The maximum Gasteiger partial charge on any atom is 0.245 e. The molecule has 4 nitrogen and oxygen atoms in total. The normalized spacial score (nSPS) is 27.3. The third-order valence-corrected chi connectivity index (χ3v) is 3.03. The average molecular weight is 226 g/mol. The van der Waals surface area contributed by atoms with Gasteiger partial charge in [0.2, 0.25) is 11.8 Å². The number of carbonyl (C=O) groups is 2. The topological polar surface area (TPSA) is 49.4 Å². The fourth-order valence-corrected chi connectivity index (χ4v) is 2.24. The number of piperazine rings is 1. The first kappa shape index (κ1) is 13.0. The highest BCUT2D eigenvalue weighted by atomic mass is 16.2. The number of rotatable bonds is 1. The molecule has 1 fully saturated rings. The van der Waals surface area contributed by atoms with Crippen LogP contribution in [0.4, 0.5) is 0 Å². The van der Waals surface area contributed by atoms with Crippen molar-refractivity contribution in [1.29, 1.82) is 0 Å². The van der Waals surface area contributed by atoms with Crippen LogP contribution in [0.2, 0.25) is 0 Å².